The maximum Gasteiger partial charge on any atom is 0.280 e. The third-order valence-electron chi connectivity index (χ3n) is 5.25. The van der Waals surface area contributed by atoms with Gasteiger partial charge in [-0.1, -0.05) is 24.4 Å². The summed E-state index contributed by atoms with van der Waals surface area (Å²) in [6.45, 7) is 0.434. The topological polar surface area (TPSA) is 192 Å². The van der Waals surface area contributed by atoms with Crippen molar-refractivity contribution < 1.29 is 14.7 Å². The van der Waals surface area contributed by atoms with Crippen LogP contribution >= 0.6 is 11.6 Å². The predicted molar refractivity (Wildman–Crippen MR) is 119 cm³/mol. The van der Waals surface area contributed by atoms with Crippen molar-refractivity contribution in [2.75, 3.05) is 24.6 Å². The fourth-order valence-corrected chi connectivity index (χ4v) is 3.72. The Hall–Kier alpha value is -2.66. The van der Waals surface area contributed by atoms with Gasteiger partial charge >= 0.3 is 0 Å². The summed E-state index contributed by atoms with van der Waals surface area (Å²) in [6, 6.07) is 0.218. The van der Waals surface area contributed by atoms with E-state index >= 15 is 0 Å². The second-order valence-corrected chi connectivity index (χ2v) is 8.00. The van der Waals surface area contributed by atoms with Crippen LogP contribution in [0.4, 0.5) is 11.6 Å². The highest BCUT2D eigenvalue weighted by Gasteiger charge is 2.22. The lowest BCUT2D eigenvalue weighted by Gasteiger charge is -2.29. The fraction of sp³-hybridized carbons (Fsp3) is 0.632. The Morgan fingerprint density at radius 2 is 1.84 bits per heavy atom. The van der Waals surface area contributed by atoms with Crippen LogP contribution in [0.3, 0.4) is 0 Å². The van der Waals surface area contributed by atoms with Gasteiger partial charge in [-0.05, 0) is 38.0 Å². The summed E-state index contributed by atoms with van der Waals surface area (Å²) >= 11 is 5.76. The number of halogens is 1. The van der Waals surface area contributed by atoms with Crippen molar-refractivity contribution in [3.05, 3.63) is 10.8 Å². The van der Waals surface area contributed by atoms with Gasteiger partial charge in [-0.25, -0.2) is 9.97 Å². The number of carbonyl (C=O) groups is 2. The molecule has 1 heterocycles. The van der Waals surface area contributed by atoms with Gasteiger partial charge in [-0.15, -0.1) is 0 Å². The molecule has 2 amide bonds. The minimum Gasteiger partial charge on any atom is -0.396 e. The molecule has 0 radical (unpaired) electrons. The fourth-order valence-electron chi connectivity index (χ4n) is 3.59. The number of amides is 2. The molecule has 0 saturated heterocycles. The first-order valence-electron chi connectivity index (χ1n) is 10.4. The Kier molecular flexibility index (Phi) is 9.73. The number of hydrogen-bond acceptors (Lipinski definition) is 8. The molecule has 0 unspecified atom stereocenters. The lowest BCUT2D eigenvalue weighted by molar-refractivity contribution is -0.122. The summed E-state index contributed by atoms with van der Waals surface area (Å²) in [5, 5.41) is 24.7. The maximum atomic E-state index is 12.2. The number of rotatable bonds is 9. The first-order valence-corrected chi connectivity index (χ1v) is 10.8. The zero-order valence-electron chi connectivity index (χ0n) is 17.4. The predicted octanol–water partition coefficient (Wildman–Crippen LogP) is 0.776. The third kappa shape index (κ3) is 8.18. The Bertz CT molecular complexity index is 784. The number of anilines is 2. The molecule has 31 heavy (non-hydrogen) atoms. The van der Waals surface area contributed by atoms with Crippen molar-refractivity contribution in [1.82, 2.24) is 25.9 Å². The molecule has 1 aromatic heterocycles. The molecule has 0 bridgehead atoms. The molecule has 1 saturated carbocycles. The summed E-state index contributed by atoms with van der Waals surface area (Å²) in [4.78, 5) is 31.2. The summed E-state index contributed by atoms with van der Waals surface area (Å²) in [6.07, 6.45) is 7.22. The number of nitrogen functional groups attached to an aromatic ring is 2. The summed E-state index contributed by atoms with van der Waals surface area (Å²) in [5.74, 6) is -0.507. The minimum absolute atomic E-state index is 0.0659. The van der Waals surface area contributed by atoms with E-state index in [0.29, 0.717) is 12.5 Å². The smallest absolute Gasteiger partial charge is 0.280 e. The average molecular weight is 455 g/mol. The lowest BCUT2D eigenvalue weighted by atomic mass is 9.83. The zero-order valence-corrected chi connectivity index (χ0v) is 18.2. The SMILES string of the molecule is N=C(NCCCCC1CCC(NC(=O)CCO)CC1)NC(=O)c1nc(Cl)c(N)nc1N. The molecular formula is C19H31ClN8O3. The van der Waals surface area contributed by atoms with Crippen LogP contribution in [0.15, 0.2) is 0 Å². The number of aliphatic hydroxyl groups is 1. The Morgan fingerprint density at radius 1 is 1.13 bits per heavy atom. The van der Waals surface area contributed by atoms with Crippen molar-refractivity contribution in [3.8, 4) is 0 Å². The van der Waals surface area contributed by atoms with Crippen LogP contribution in [-0.4, -0.2) is 52.0 Å². The molecule has 1 aliphatic rings. The first kappa shape index (κ1) is 24.6. The zero-order chi connectivity index (χ0) is 22.8. The van der Waals surface area contributed by atoms with Crippen LogP contribution < -0.4 is 27.4 Å². The van der Waals surface area contributed by atoms with Crippen molar-refractivity contribution in [2.24, 2.45) is 5.92 Å². The molecule has 0 atom stereocenters. The normalized spacial score (nSPS) is 18.3. The van der Waals surface area contributed by atoms with Gasteiger partial charge in [-0.2, -0.15) is 0 Å². The molecule has 0 spiro atoms. The Labute approximate surface area is 186 Å². The number of guanidine groups is 1. The minimum atomic E-state index is -0.688. The molecule has 9 N–H and O–H groups in total. The Morgan fingerprint density at radius 3 is 2.52 bits per heavy atom. The molecule has 11 nitrogen and oxygen atoms in total. The van der Waals surface area contributed by atoms with E-state index in [2.05, 4.69) is 25.9 Å². The van der Waals surface area contributed by atoms with Gasteiger partial charge in [0.2, 0.25) is 5.91 Å². The van der Waals surface area contributed by atoms with Gasteiger partial charge in [0.25, 0.3) is 5.91 Å². The quantitative estimate of drug-likeness (QED) is 0.161. The standard InChI is InChI=1S/C19H31ClN8O3/c20-15-17(22)27-16(21)14(26-15)18(31)28-19(23)24-9-2-1-3-11-4-6-12(7-5-11)25-13(30)8-10-29/h11-12,29H,1-10H2,(H,25,30)(H4,21,22,27)(H3,23,24,28,31). The summed E-state index contributed by atoms with van der Waals surface area (Å²) in [7, 11) is 0. The van der Waals surface area contributed by atoms with Gasteiger partial charge in [0.15, 0.2) is 28.4 Å². The monoisotopic (exact) mass is 454 g/mol. The van der Waals surface area contributed by atoms with E-state index in [4.69, 9.17) is 33.6 Å². The highest BCUT2D eigenvalue weighted by atomic mass is 35.5. The second kappa shape index (κ2) is 12.3. The van der Waals surface area contributed by atoms with Crippen molar-refractivity contribution in [3.63, 3.8) is 0 Å². The van der Waals surface area contributed by atoms with Gasteiger partial charge in [-0.3, -0.25) is 20.3 Å². The van der Waals surface area contributed by atoms with Crippen molar-refractivity contribution in [1.29, 1.82) is 5.41 Å². The number of aromatic nitrogens is 2. The van der Waals surface area contributed by atoms with Crippen LogP contribution in [0.2, 0.25) is 5.15 Å². The number of nitrogens with zero attached hydrogens (tertiary/aromatic N) is 2. The number of unbranched alkanes of at least 4 members (excludes halogenated alkanes) is 1. The molecular weight excluding hydrogens is 424 g/mol. The number of hydrogen-bond donors (Lipinski definition) is 7. The lowest BCUT2D eigenvalue weighted by Crippen LogP contribution is -2.41. The highest BCUT2D eigenvalue weighted by molar-refractivity contribution is 6.31. The van der Waals surface area contributed by atoms with E-state index in [9.17, 15) is 9.59 Å². The van der Waals surface area contributed by atoms with Crippen molar-refractivity contribution in [2.45, 2.75) is 57.4 Å². The Balaban J connectivity index is 1.59. The molecule has 0 aromatic carbocycles. The van der Waals surface area contributed by atoms with E-state index in [0.717, 1.165) is 44.9 Å². The van der Waals surface area contributed by atoms with Crippen LogP contribution in [0.5, 0.6) is 0 Å². The number of nitrogens with one attached hydrogen (secondary N) is 4. The van der Waals surface area contributed by atoms with E-state index in [1.807, 2.05) is 0 Å². The van der Waals surface area contributed by atoms with E-state index < -0.39 is 5.91 Å². The van der Waals surface area contributed by atoms with Crippen LogP contribution in [0.25, 0.3) is 0 Å². The highest BCUT2D eigenvalue weighted by Crippen LogP contribution is 2.28. The maximum absolute atomic E-state index is 12.2. The number of aliphatic hydroxyl groups excluding tert-OH is 1. The molecule has 12 heteroatoms. The third-order valence-corrected chi connectivity index (χ3v) is 5.53. The molecule has 172 valence electrons. The van der Waals surface area contributed by atoms with Crippen molar-refractivity contribution >= 4 is 41.0 Å². The molecule has 2 rings (SSSR count). The largest absolute Gasteiger partial charge is 0.396 e. The average Bonchev–Trinajstić information content (AvgIpc) is 2.71. The molecule has 0 aliphatic heterocycles. The number of nitrogens with two attached hydrogens (primary N) is 2. The van der Waals surface area contributed by atoms with E-state index in [-0.39, 0.29) is 53.4 Å². The number of carbonyl (C=O) groups excluding carboxylic acids is 2. The first-order chi connectivity index (χ1) is 14.8. The van der Waals surface area contributed by atoms with Crippen LogP contribution in [0, 0.1) is 11.3 Å². The van der Waals surface area contributed by atoms with E-state index in [1.165, 1.54) is 0 Å². The van der Waals surface area contributed by atoms with Crippen LogP contribution in [0.1, 0.15) is 61.9 Å². The van der Waals surface area contributed by atoms with E-state index in [1.54, 1.807) is 0 Å². The van der Waals surface area contributed by atoms with Gasteiger partial charge in [0.1, 0.15) is 0 Å². The summed E-state index contributed by atoms with van der Waals surface area (Å²) < 4.78 is 0. The van der Waals surface area contributed by atoms with Gasteiger partial charge in [0, 0.05) is 19.0 Å². The summed E-state index contributed by atoms with van der Waals surface area (Å²) in [5.41, 5.74) is 10.9. The molecule has 1 aromatic rings. The van der Waals surface area contributed by atoms with Gasteiger partial charge in [0.05, 0.1) is 6.61 Å². The van der Waals surface area contributed by atoms with Crippen LogP contribution in [-0.2, 0) is 4.79 Å². The van der Waals surface area contributed by atoms with Gasteiger partial charge < -0.3 is 27.2 Å². The molecule has 1 fully saturated rings. The second-order valence-electron chi connectivity index (χ2n) is 7.64. The molecule has 1 aliphatic carbocycles.